The molecule has 0 radical (unpaired) electrons. The van der Waals surface area contributed by atoms with Crippen molar-refractivity contribution in [3.63, 3.8) is 0 Å². The fourth-order valence-electron chi connectivity index (χ4n) is 2.41. The van der Waals surface area contributed by atoms with Gasteiger partial charge in [-0.25, -0.2) is 0 Å². The number of benzene rings is 2. The van der Waals surface area contributed by atoms with E-state index in [1.807, 2.05) is 54.6 Å². The van der Waals surface area contributed by atoms with Crippen LogP contribution in [0.5, 0.6) is 5.75 Å². The third-order valence-electron chi connectivity index (χ3n) is 3.63. The van der Waals surface area contributed by atoms with Gasteiger partial charge < -0.3 is 15.0 Å². The van der Waals surface area contributed by atoms with Gasteiger partial charge in [0.1, 0.15) is 5.75 Å². The number of rotatable bonds is 5. The normalized spacial score (nSPS) is 10.8. The molecule has 2 N–H and O–H groups in total. The molecule has 112 valence electrons. The summed E-state index contributed by atoms with van der Waals surface area (Å²) >= 11 is 0. The summed E-state index contributed by atoms with van der Waals surface area (Å²) in [6.07, 6.45) is 0. The summed E-state index contributed by atoms with van der Waals surface area (Å²) in [5.74, 6) is 0.842. The molecule has 0 unspecified atom stereocenters. The van der Waals surface area contributed by atoms with Crippen molar-refractivity contribution in [3.05, 3.63) is 76.1 Å². The van der Waals surface area contributed by atoms with Crippen LogP contribution in [0.2, 0.25) is 0 Å². The summed E-state index contributed by atoms with van der Waals surface area (Å²) in [7, 11) is 1.65. The van der Waals surface area contributed by atoms with Crippen molar-refractivity contribution >= 4 is 10.9 Å². The van der Waals surface area contributed by atoms with E-state index in [2.05, 4.69) is 10.3 Å². The van der Waals surface area contributed by atoms with E-state index in [4.69, 9.17) is 4.74 Å². The molecule has 22 heavy (non-hydrogen) atoms. The van der Waals surface area contributed by atoms with Crippen LogP contribution in [-0.4, -0.2) is 12.1 Å². The van der Waals surface area contributed by atoms with Gasteiger partial charge >= 0.3 is 0 Å². The number of aromatic nitrogens is 1. The van der Waals surface area contributed by atoms with Crippen molar-refractivity contribution < 1.29 is 4.74 Å². The van der Waals surface area contributed by atoms with Crippen LogP contribution in [0.3, 0.4) is 0 Å². The van der Waals surface area contributed by atoms with E-state index in [0.717, 1.165) is 27.8 Å². The zero-order chi connectivity index (χ0) is 15.4. The molecule has 0 aliphatic carbocycles. The molecule has 0 aliphatic rings. The Bertz CT molecular complexity index is 822. The highest BCUT2D eigenvalue weighted by Crippen LogP contribution is 2.12. The molecule has 2 aromatic carbocycles. The summed E-state index contributed by atoms with van der Waals surface area (Å²) in [6.45, 7) is 1.24. The lowest BCUT2D eigenvalue weighted by atomic mass is 10.1. The first-order valence-corrected chi connectivity index (χ1v) is 7.21. The molecule has 3 aromatic rings. The summed E-state index contributed by atoms with van der Waals surface area (Å²) < 4.78 is 5.13. The van der Waals surface area contributed by atoms with Gasteiger partial charge in [0.05, 0.1) is 7.11 Å². The molecule has 0 bridgehead atoms. The Morgan fingerprint density at radius 1 is 1.05 bits per heavy atom. The average molecular weight is 294 g/mol. The molecule has 0 spiro atoms. The predicted octanol–water partition coefficient (Wildman–Crippen LogP) is 2.83. The molecule has 4 nitrogen and oxygen atoms in total. The zero-order valence-corrected chi connectivity index (χ0v) is 12.4. The van der Waals surface area contributed by atoms with Gasteiger partial charge in [0.15, 0.2) is 0 Å². The highest BCUT2D eigenvalue weighted by Gasteiger charge is 2.02. The third kappa shape index (κ3) is 3.18. The molecular weight excluding hydrogens is 276 g/mol. The first-order chi connectivity index (χ1) is 10.8. The van der Waals surface area contributed by atoms with Crippen LogP contribution in [0, 0.1) is 0 Å². The minimum Gasteiger partial charge on any atom is -0.497 e. The molecule has 0 aliphatic heterocycles. The van der Waals surface area contributed by atoms with Crippen LogP contribution < -0.4 is 15.6 Å². The lowest BCUT2D eigenvalue weighted by Crippen LogP contribution is -2.20. The van der Waals surface area contributed by atoms with Crippen LogP contribution in [0.15, 0.2) is 59.4 Å². The van der Waals surface area contributed by atoms with Gasteiger partial charge in [0, 0.05) is 24.2 Å². The Kier molecular flexibility index (Phi) is 4.21. The lowest BCUT2D eigenvalue weighted by Gasteiger charge is -2.07. The molecule has 3 rings (SSSR count). The molecule has 4 heteroatoms. The monoisotopic (exact) mass is 294 g/mol. The van der Waals surface area contributed by atoms with Crippen molar-refractivity contribution in [2.45, 2.75) is 13.1 Å². The first-order valence-electron chi connectivity index (χ1n) is 7.21. The van der Waals surface area contributed by atoms with E-state index >= 15 is 0 Å². The average Bonchev–Trinajstić information content (AvgIpc) is 2.56. The Hall–Kier alpha value is -2.59. The van der Waals surface area contributed by atoms with Crippen molar-refractivity contribution in [1.29, 1.82) is 0 Å². The smallest absolute Gasteiger partial charge is 0.252 e. The van der Waals surface area contributed by atoms with Gasteiger partial charge in [0.2, 0.25) is 0 Å². The maximum absolute atomic E-state index is 12.0. The maximum atomic E-state index is 12.0. The van der Waals surface area contributed by atoms with Crippen LogP contribution in [0.4, 0.5) is 0 Å². The number of hydrogen-bond donors (Lipinski definition) is 2. The van der Waals surface area contributed by atoms with Crippen LogP contribution in [0.1, 0.15) is 11.1 Å². The van der Waals surface area contributed by atoms with Gasteiger partial charge in [-0.15, -0.1) is 0 Å². The molecule has 1 heterocycles. The standard InChI is InChI=1S/C18H18N2O2/c1-22-16-8-6-13(7-9-16)11-19-12-15-10-14-4-2-3-5-17(14)20-18(15)21/h2-10,19H,11-12H2,1H3,(H,20,21). The van der Waals surface area contributed by atoms with Crippen LogP contribution >= 0.6 is 0 Å². The molecule has 0 saturated heterocycles. The van der Waals surface area contributed by atoms with Crippen LogP contribution in [0.25, 0.3) is 10.9 Å². The quantitative estimate of drug-likeness (QED) is 0.761. The number of para-hydroxylation sites is 1. The van der Waals surface area contributed by atoms with Crippen molar-refractivity contribution in [2.24, 2.45) is 0 Å². The second kappa shape index (κ2) is 6.45. The topological polar surface area (TPSA) is 54.1 Å². The maximum Gasteiger partial charge on any atom is 0.252 e. The third-order valence-corrected chi connectivity index (χ3v) is 3.63. The van der Waals surface area contributed by atoms with Gasteiger partial charge in [-0.3, -0.25) is 4.79 Å². The van der Waals surface area contributed by atoms with E-state index in [-0.39, 0.29) is 5.56 Å². The second-order valence-corrected chi connectivity index (χ2v) is 5.16. The number of aromatic amines is 1. The molecule has 1 aromatic heterocycles. The highest BCUT2D eigenvalue weighted by molar-refractivity contribution is 5.78. The summed E-state index contributed by atoms with van der Waals surface area (Å²) in [4.78, 5) is 15.0. The van der Waals surface area contributed by atoms with Gasteiger partial charge in [-0.1, -0.05) is 30.3 Å². The van der Waals surface area contributed by atoms with E-state index < -0.39 is 0 Å². The second-order valence-electron chi connectivity index (χ2n) is 5.16. The number of hydrogen-bond acceptors (Lipinski definition) is 3. The van der Waals surface area contributed by atoms with E-state index in [1.165, 1.54) is 0 Å². The summed E-state index contributed by atoms with van der Waals surface area (Å²) in [5, 5.41) is 4.34. The van der Waals surface area contributed by atoms with Gasteiger partial charge in [-0.05, 0) is 35.2 Å². The first kappa shape index (κ1) is 14.4. The molecule has 0 fully saturated rings. The largest absolute Gasteiger partial charge is 0.497 e. The molecule has 0 saturated carbocycles. The predicted molar refractivity (Wildman–Crippen MR) is 88.1 cm³/mol. The lowest BCUT2D eigenvalue weighted by molar-refractivity contribution is 0.414. The summed E-state index contributed by atoms with van der Waals surface area (Å²) in [6, 6.07) is 17.6. The Morgan fingerprint density at radius 3 is 2.59 bits per heavy atom. The van der Waals surface area contributed by atoms with Crippen LogP contribution in [-0.2, 0) is 13.1 Å². The summed E-state index contributed by atoms with van der Waals surface area (Å²) in [5.41, 5.74) is 2.72. The molecule has 0 amide bonds. The number of H-pyrrole nitrogens is 1. The van der Waals surface area contributed by atoms with Gasteiger partial charge in [0.25, 0.3) is 5.56 Å². The SMILES string of the molecule is COc1ccc(CNCc2cc3ccccc3[nH]c2=O)cc1. The Labute approximate surface area is 128 Å². The number of methoxy groups -OCH3 is 1. The van der Waals surface area contributed by atoms with E-state index in [9.17, 15) is 4.79 Å². The minimum atomic E-state index is -0.0408. The van der Waals surface area contributed by atoms with Gasteiger partial charge in [-0.2, -0.15) is 0 Å². The minimum absolute atomic E-state index is 0.0408. The van der Waals surface area contributed by atoms with Crippen molar-refractivity contribution in [2.75, 3.05) is 7.11 Å². The highest BCUT2D eigenvalue weighted by atomic mass is 16.5. The Balaban J connectivity index is 1.68. The number of pyridine rings is 1. The number of nitrogens with one attached hydrogen (secondary N) is 2. The van der Waals surface area contributed by atoms with E-state index in [0.29, 0.717) is 13.1 Å². The van der Waals surface area contributed by atoms with Crippen molar-refractivity contribution in [1.82, 2.24) is 10.3 Å². The fraction of sp³-hybridized carbons (Fsp3) is 0.167. The molecular formula is C18H18N2O2. The number of fused-ring (bicyclic) bond motifs is 1. The van der Waals surface area contributed by atoms with E-state index in [1.54, 1.807) is 7.11 Å². The molecule has 0 atom stereocenters. The number of ether oxygens (including phenoxy) is 1. The van der Waals surface area contributed by atoms with Crippen molar-refractivity contribution in [3.8, 4) is 5.75 Å². The Morgan fingerprint density at radius 2 is 1.82 bits per heavy atom. The fourth-order valence-corrected chi connectivity index (χ4v) is 2.41. The zero-order valence-electron chi connectivity index (χ0n) is 12.4.